The first-order valence-corrected chi connectivity index (χ1v) is 6.35. The molecule has 1 aromatic rings. The molecule has 1 aliphatic rings. The Morgan fingerprint density at radius 1 is 1.42 bits per heavy atom. The number of hydrogen-bond acceptors (Lipinski definition) is 4. The van der Waals surface area contributed by atoms with Gasteiger partial charge in [-0.3, -0.25) is 9.59 Å². The summed E-state index contributed by atoms with van der Waals surface area (Å²) in [5.41, 5.74) is 5.82. The lowest BCUT2D eigenvalue weighted by atomic mass is 9.97. The van der Waals surface area contributed by atoms with Crippen LogP contribution in [0.3, 0.4) is 0 Å². The molecule has 19 heavy (non-hydrogen) atoms. The Kier molecular flexibility index (Phi) is 4.16. The molecule has 1 saturated heterocycles. The van der Waals surface area contributed by atoms with E-state index in [1.54, 1.807) is 22.0 Å². The molecule has 0 radical (unpaired) electrons. The molecule has 0 saturated carbocycles. The Morgan fingerprint density at radius 2 is 2.11 bits per heavy atom. The predicted octanol–water partition coefficient (Wildman–Crippen LogP) is -0.221. The third-order valence-electron chi connectivity index (χ3n) is 3.37. The number of carboxylic acids is 1. The molecule has 7 heteroatoms. The van der Waals surface area contributed by atoms with E-state index >= 15 is 0 Å². The van der Waals surface area contributed by atoms with Crippen LogP contribution in [0.5, 0.6) is 0 Å². The van der Waals surface area contributed by atoms with Gasteiger partial charge in [0, 0.05) is 32.4 Å². The molecule has 0 atom stereocenters. The summed E-state index contributed by atoms with van der Waals surface area (Å²) in [5, 5.41) is 8.91. The van der Waals surface area contributed by atoms with Gasteiger partial charge in [-0.05, 0) is 12.8 Å². The number of aromatic nitrogens is 2. The second kappa shape index (κ2) is 5.83. The fourth-order valence-electron chi connectivity index (χ4n) is 2.23. The van der Waals surface area contributed by atoms with Gasteiger partial charge in [-0.15, -0.1) is 0 Å². The molecule has 7 nitrogen and oxygen atoms in total. The molecule has 0 unspecified atom stereocenters. The molecule has 1 aliphatic heterocycles. The van der Waals surface area contributed by atoms with Crippen LogP contribution < -0.4 is 5.73 Å². The molecular weight excluding hydrogens is 248 g/mol. The maximum Gasteiger partial charge on any atom is 0.306 e. The topological polar surface area (TPSA) is 101 Å². The second-order valence-corrected chi connectivity index (χ2v) is 4.69. The number of amides is 1. The van der Waals surface area contributed by atoms with Crippen LogP contribution in [0, 0.1) is 5.92 Å². The Bertz CT molecular complexity index is 463. The number of likely N-dealkylation sites (tertiary alicyclic amines) is 1. The SMILES string of the molecule is NCCn1cnc(C(=O)N2CCC(C(=O)O)CC2)c1. The fourth-order valence-corrected chi connectivity index (χ4v) is 2.23. The number of carboxylic acid groups (broad SMARTS) is 1. The molecule has 1 fully saturated rings. The standard InChI is InChI=1S/C12H18N4O3/c13-3-6-15-7-10(14-8-15)11(17)16-4-1-9(2-5-16)12(18)19/h7-9H,1-6,13H2,(H,18,19). The number of rotatable bonds is 4. The third kappa shape index (κ3) is 3.11. The van der Waals surface area contributed by atoms with Crippen molar-refractivity contribution in [2.24, 2.45) is 11.7 Å². The minimum Gasteiger partial charge on any atom is -0.481 e. The first kappa shape index (κ1) is 13.5. The Balaban J connectivity index is 1.95. The molecule has 0 bridgehead atoms. The van der Waals surface area contributed by atoms with Crippen molar-refractivity contribution in [3.8, 4) is 0 Å². The van der Waals surface area contributed by atoms with Crippen molar-refractivity contribution in [1.82, 2.24) is 14.5 Å². The van der Waals surface area contributed by atoms with Crippen LogP contribution in [-0.2, 0) is 11.3 Å². The fraction of sp³-hybridized carbons (Fsp3) is 0.583. The van der Waals surface area contributed by atoms with Gasteiger partial charge in [0.15, 0.2) is 0 Å². The summed E-state index contributed by atoms with van der Waals surface area (Å²) in [6.07, 6.45) is 4.28. The van der Waals surface area contributed by atoms with Crippen LogP contribution in [0.1, 0.15) is 23.3 Å². The minimum absolute atomic E-state index is 0.139. The van der Waals surface area contributed by atoms with E-state index in [2.05, 4.69) is 4.98 Å². The summed E-state index contributed by atoms with van der Waals surface area (Å²) >= 11 is 0. The number of nitrogens with two attached hydrogens (primary N) is 1. The normalized spacial score (nSPS) is 16.6. The van der Waals surface area contributed by atoms with Crippen molar-refractivity contribution < 1.29 is 14.7 Å². The Labute approximate surface area is 111 Å². The van der Waals surface area contributed by atoms with E-state index in [1.807, 2.05) is 0 Å². The lowest BCUT2D eigenvalue weighted by Gasteiger charge is -2.29. The summed E-state index contributed by atoms with van der Waals surface area (Å²) in [4.78, 5) is 28.7. The Hall–Kier alpha value is -1.89. The summed E-state index contributed by atoms with van der Waals surface area (Å²) in [6, 6.07) is 0. The van der Waals surface area contributed by atoms with E-state index in [9.17, 15) is 9.59 Å². The largest absolute Gasteiger partial charge is 0.481 e. The van der Waals surface area contributed by atoms with E-state index < -0.39 is 5.97 Å². The first-order valence-electron chi connectivity index (χ1n) is 6.35. The zero-order valence-electron chi connectivity index (χ0n) is 10.7. The van der Waals surface area contributed by atoms with Crippen LogP contribution in [0.15, 0.2) is 12.5 Å². The quantitative estimate of drug-likeness (QED) is 0.784. The molecule has 0 aliphatic carbocycles. The maximum atomic E-state index is 12.2. The smallest absolute Gasteiger partial charge is 0.306 e. The van der Waals surface area contributed by atoms with E-state index in [0.29, 0.717) is 44.7 Å². The molecule has 0 aromatic carbocycles. The zero-order chi connectivity index (χ0) is 13.8. The molecule has 2 heterocycles. The van der Waals surface area contributed by atoms with E-state index in [4.69, 9.17) is 10.8 Å². The van der Waals surface area contributed by atoms with Gasteiger partial charge in [0.25, 0.3) is 5.91 Å². The van der Waals surface area contributed by atoms with Crippen LogP contribution in [-0.4, -0.2) is 51.1 Å². The van der Waals surface area contributed by atoms with E-state index in [1.165, 1.54) is 0 Å². The minimum atomic E-state index is -0.778. The lowest BCUT2D eigenvalue weighted by Crippen LogP contribution is -2.40. The van der Waals surface area contributed by atoms with Crippen molar-refractivity contribution in [1.29, 1.82) is 0 Å². The third-order valence-corrected chi connectivity index (χ3v) is 3.37. The number of nitrogens with zero attached hydrogens (tertiary/aromatic N) is 3. The van der Waals surface area contributed by atoms with Crippen molar-refractivity contribution in [3.05, 3.63) is 18.2 Å². The van der Waals surface area contributed by atoms with E-state index in [0.717, 1.165) is 0 Å². The number of carbonyl (C=O) groups is 2. The predicted molar refractivity (Wildman–Crippen MR) is 67.5 cm³/mol. The van der Waals surface area contributed by atoms with Gasteiger partial charge in [0.05, 0.1) is 12.2 Å². The van der Waals surface area contributed by atoms with E-state index in [-0.39, 0.29) is 11.8 Å². The van der Waals surface area contributed by atoms with Gasteiger partial charge in [0.2, 0.25) is 0 Å². The van der Waals surface area contributed by atoms with Crippen LogP contribution in [0.4, 0.5) is 0 Å². The molecule has 104 valence electrons. The monoisotopic (exact) mass is 266 g/mol. The van der Waals surface area contributed by atoms with Gasteiger partial charge < -0.3 is 20.3 Å². The number of carbonyl (C=O) groups excluding carboxylic acids is 1. The summed E-state index contributed by atoms with van der Waals surface area (Å²) in [6.45, 7) is 2.06. The number of aliphatic carboxylic acids is 1. The average Bonchev–Trinajstić information content (AvgIpc) is 2.87. The average molecular weight is 266 g/mol. The molecule has 1 aromatic heterocycles. The van der Waals surface area contributed by atoms with Crippen molar-refractivity contribution >= 4 is 11.9 Å². The maximum absolute atomic E-state index is 12.2. The number of imidazole rings is 1. The highest BCUT2D eigenvalue weighted by molar-refractivity contribution is 5.92. The molecule has 0 spiro atoms. The van der Waals surface area contributed by atoms with Gasteiger partial charge in [-0.25, -0.2) is 4.98 Å². The molecule has 3 N–H and O–H groups in total. The van der Waals surface area contributed by atoms with Crippen LogP contribution in [0.25, 0.3) is 0 Å². The van der Waals surface area contributed by atoms with Crippen LogP contribution in [0.2, 0.25) is 0 Å². The van der Waals surface area contributed by atoms with Gasteiger partial charge in [0.1, 0.15) is 5.69 Å². The van der Waals surface area contributed by atoms with Crippen molar-refractivity contribution in [2.45, 2.75) is 19.4 Å². The van der Waals surface area contributed by atoms with Gasteiger partial charge in [-0.1, -0.05) is 0 Å². The molecular formula is C12H18N4O3. The summed E-state index contributed by atoms with van der Waals surface area (Å²) in [7, 11) is 0. The highest BCUT2D eigenvalue weighted by Crippen LogP contribution is 2.18. The summed E-state index contributed by atoms with van der Waals surface area (Å²) in [5.74, 6) is -1.25. The molecule has 2 rings (SSSR count). The number of piperidine rings is 1. The summed E-state index contributed by atoms with van der Waals surface area (Å²) < 4.78 is 1.78. The van der Waals surface area contributed by atoms with Crippen molar-refractivity contribution in [3.63, 3.8) is 0 Å². The second-order valence-electron chi connectivity index (χ2n) is 4.69. The van der Waals surface area contributed by atoms with Gasteiger partial charge >= 0.3 is 5.97 Å². The zero-order valence-corrected chi connectivity index (χ0v) is 10.7. The number of hydrogen-bond donors (Lipinski definition) is 2. The van der Waals surface area contributed by atoms with Crippen molar-refractivity contribution in [2.75, 3.05) is 19.6 Å². The lowest BCUT2D eigenvalue weighted by molar-refractivity contribution is -0.143. The highest BCUT2D eigenvalue weighted by atomic mass is 16.4. The van der Waals surface area contributed by atoms with Gasteiger partial charge in [-0.2, -0.15) is 0 Å². The van der Waals surface area contributed by atoms with Crippen LogP contribution >= 0.6 is 0 Å². The first-order chi connectivity index (χ1) is 9.11. The highest BCUT2D eigenvalue weighted by Gasteiger charge is 2.28. The Morgan fingerprint density at radius 3 is 2.68 bits per heavy atom. The molecule has 1 amide bonds.